The highest BCUT2D eigenvalue weighted by Gasteiger charge is 2.41. The van der Waals surface area contributed by atoms with E-state index in [1.165, 1.54) is 0 Å². The van der Waals surface area contributed by atoms with Crippen LogP contribution < -0.4 is 0 Å². The molecule has 0 heterocycles. The topological polar surface area (TPSA) is 55.7 Å². The van der Waals surface area contributed by atoms with E-state index in [1.54, 1.807) is 6.92 Å². The molecule has 0 aliphatic heterocycles. The van der Waals surface area contributed by atoms with E-state index in [1.807, 2.05) is 26.8 Å². The maximum Gasteiger partial charge on any atom is 0.318 e. The van der Waals surface area contributed by atoms with Gasteiger partial charge >= 0.3 is 5.97 Å². The fourth-order valence-corrected chi connectivity index (χ4v) is 2.04. The van der Waals surface area contributed by atoms with Gasteiger partial charge in [-0.1, -0.05) is 37.1 Å². The summed E-state index contributed by atoms with van der Waals surface area (Å²) in [5, 5.41) is 2.94. The van der Waals surface area contributed by atoms with Crippen LogP contribution in [-0.4, -0.2) is 19.1 Å². The van der Waals surface area contributed by atoms with Gasteiger partial charge in [0.25, 0.3) is 0 Å². The maximum absolute atomic E-state index is 12.1. The average Bonchev–Trinajstić information content (AvgIpc) is 2.29. The third-order valence-electron chi connectivity index (χ3n) is 2.94. The normalized spacial score (nSPS) is 15.2. The standard InChI is InChI=1S/C13H23NO3/c1-5-8-11(4)13(9-6-2,10-14-16)12(15)17-7-3/h8H,5-7,9-10H2,1-4H3/b11-8-/t13-/m1/s1. The molecular weight excluding hydrogens is 218 g/mol. The minimum absolute atomic E-state index is 0.0397. The first kappa shape index (κ1) is 15.8. The SMILES string of the molecule is CC/C=C(/C)[C@@](CCC)(CN=O)C(=O)OCC. The monoisotopic (exact) mass is 241 g/mol. The molecule has 0 fully saturated rings. The van der Waals surface area contributed by atoms with Crippen LogP contribution in [0.25, 0.3) is 0 Å². The molecule has 0 spiro atoms. The van der Waals surface area contributed by atoms with Crippen LogP contribution >= 0.6 is 0 Å². The largest absolute Gasteiger partial charge is 0.465 e. The average molecular weight is 241 g/mol. The first-order valence-corrected chi connectivity index (χ1v) is 6.22. The lowest BCUT2D eigenvalue weighted by Gasteiger charge is -2.29. The molecule has 0 aromatic heterocycles. The van der Waals surface area contributed by atoms with Gasteiger partial charge in [-0.05, 0) is 26.7 Å². The van der Waals surface area contributed by atoms with Gasteiger partial charge in [-0.15, -0.1) is 0 Å². The van der Waals surface area contributed by atoms with Gasteiger partial charge in [0.1, 0.15) is 12.0 Å². The van der Waals surface area contributed by atoms with E-state index in [0.717, 1.165) is 18.4 Å². The van der Waals surface area contributed by atoms with Crippen molar-refractivity contribution in [2.45, 2.75) is 47.0 Å². The highest BCUT2D eigenvalue weighted by molar-refractivity contribution is 5.81. The Bertz CT molecular complexity index is 286. The van der Waals surface area contributed by atoms with E-state index in [9.17, 15) is 9.70 Å². The second kappa shape index (κ2) is 7.98. The summed E-state index contributed by atoms with van der Waals surface area (Å²) in [6.45, 7) is 7.91. The molecule has 0 aromatic rings. The zero-order chi connectivity index (χ0) is 13.3. The van der Waals surface area contributed by atoms with Crippen molar-refractivity contribution in [1.82, 2.24) is 0 Å². The quantitative estimate of drug-likeness (QED) is 0.371. The van der Waals surface area contributed by atoms with Crippen molar-refractivity contribution in [3.05, 3.63) is 16.6 Å². The second-order valence-electron chi connectivity index (χ2n) is 4.14. The van der Waals surface area contributed by atoms with Gasteiger partial charge in [-0.3, -0.25) is 4.79 Å². The zero-order valence-electron chi connectivity index (χ0n) is 11.3. The fraction of sp³-hybridized carbons (Fsp3) is 0.769. The van der Waals surface area contributed by atoms with Crippen molar-refractivity contribution in [2.75, 3.05) is 13.2 Å². The molecule has 0 saturated carbocycles. The third-order valence-corrected chi connectivity index (χ3v) is 2.94. The van der Waals surface area contributed by atoms with Gasteiger partial charge in [0.2, 0.25) is 0 Å². The number of allylic oxidation sites excluding steroid dienone is 1. The Hall–Kier alpha value is -1.19. The van der Waals surface area contributed by atoms with Crippen LogP contribution in [0.2, 0.25) is 0 Å². The lowest BCUT2D eigenvalue weighted by Crippen LogP contribution is -2.37. The number of carbonyl (C=O) groups is 1. The molecule has 4 nitrogen and oxygen atoms in total. The van der Waals surface area contributed by atoms with E-state index in [4.69, 9.17) is 4.74 Å². The van der Waals surface area contributed by atoms with Gasteiger partial charge in [0.15, 0.2) is 0 Å². The number of esters is 1. The number of hydrogen-bond acceptors (Lipinski definition) is 4. The molecule has 98 valence electrons. The van der Waals surface area contributed by atoms with Crippen molar-refractivity contribution >= 4 is 5.97 Å². The molecular formula is C13H23NO3. The lowest BCUT2D eigenvalue weighted by atomic mass is 9.76. The Kier molecular flexibility index (Phi) is 7.42. The van der Waals surface area contributed by atoms with Crippen LogP contribution in [0, 0.1) is 10.3 Å². The molecule has 0 amide bonds. The van der Waals surface area contributed by atoms with E-state index in [-0.39, 0.29) is 12.5 Å². The molecule has 0 saturated heterocycles. The smallest absolute Gasteiger partial charge is 0.318 e. The molecule has 17 heavy (non-hydrogen) atoms. The maximum atomic E-state index is 12.1. The Balaban J connectivity index is 5.31. The summed E-state index contributed by atoms with van der Waals surface area (Å²) < 4.78 is 5.10. The molecule has 0 aromatic carbocycles. The van der Waals surface area contributed by atoms with Gasteiger partial charge in [0, 0.05) is 0 Å². The second-order valence-corrected chi connectivity index (χ2v) is 4.14. The number of rotatable bonds is 8. The predicted octanol–water partition coefficient (Wildman–Crippen LogP) is 3.46. The number of hydrogen-bond donors (Lipinski definition) is 0. The van der Waals surface area contributed by atoms with Crippen molar-refractivity contribution in [2.24, 2.45) is 10.6 Å². The summed E-state index contributed by atoms with van der Waals surface area (Å²) in [5.41, 5.74) is 0.0302. The molecule has 1 atom stereocenters. The Morgan fingerprint density at radius 2 is 2.00 bits per heavy atom. The minimum atomic E-state index is -0.859. The van der Waals surface area contributed by atoms with E-state index in [0.29, 0.717) is 13.0 Å². The van der Waals surface area contributed by atoms with Gasteiger partial charge in [0.05, 0.1) is 6.61 Å². The summed E-state index contributed by atoms with van der Waals surface area (Å²) in [4.78, 5) is 22.7. The molecule has 0 radical (unpaired) electrons. The zero-order valence-corrected chi connectivity index (χ0v) is 11.3. The number of nitroso groups, excluding NO2 is 1. The summed E-state index contributed by atoms with van der Waals surface area (Å²) in [6.07, 6.45) is 4.20. The summed E-state index contributed by atoms with van der Waals surface area (Å²) >= 11 is 0. The van der Waals surface area contributed by atoms with Gasteiger partial charge in [-0.2, -0.15) is 4.91 Å². The number of nitrogens with zero attached hydrogens (tertiary/aromatic N) is 1. The molecule has 0 rings (SSSR count). The highest BCUT2D eigenvalue weighted by atomic mass is 16.5. The first-order valence-electron chi connectivity index (χ1n) is 6.22. The highest BCUT2D eigenvalue weighted by Crippen LogP contribution is 2.35. The minimum Gasteiger partial charge on any atom is -0.465 e. The fourth-order valence-electron chi connectivity index (χ4n) is 2.04. The van der Waals surface area contributed by atoms with E-state index in [2.05, 4.69) is 5.18 Å². The lowest BCUT2D eigenvalue weighted by molar-refractivity contribution is -0.153. The molecule has 0 aliphatic carbocycles. The van der Waals surface area contributed by atoms with Crippen molar-refractivity contribution < 1.29 is 9.53 Å². The first-order chi connectivity index (χ1) is 8.08. The van der Waals surface area contributed by atoms with E-state index >= 15 is 0 Å². The molecule has 0 N–H and O–H groups in total. The molecule has 0 aliphatic rings. The van der Waals surface area contributed by atoms with Gasteiger partial charge < -0.3 is 4.74 Å². The third kappa shape index (κ3) is 3.95. The van der Waals surface area contributed by atoms with Crippen LogP contribution in [0.5, 0.6) is 0 Å². The van der Waals surface area contributed by atoms with Crippen molar-refractivity contribution in [1.29, 1.82) is 0 Å². The molecule has 4 heteroatoms. The number of carbonyl (C=O) groups excluding carboxylic acids is 1. The van der Waals surface area contributed by atoms with Crippen LogP contribution in [-0.2, 0) is 9.53 Å². The molecule has 0 unspecified atom stereocenters. The van der Waals surface area contributed by atoms with Crippen LogP contribution in [0.1, 0.15) is 47.0 Å². The van der Waals surface area contributed by atoms with Crippen LogP contribution in [0.3, 0.4) is 0 Å². The summed E-state index contributed by atoms with van der Waals surface area (Å²) in [7, 11) is 0. The summed E-state index contributed by atoms with van der Waals surface area (Å²) in [6, 6.07) is 0. The van der Waals surface area contributed by atoms with Crippen molar-refractivity contribution in [3.8, 4) is 0 Å². The van der Waals surface area contributed by atoms with Gasteiger partial charge in [-0.25, -0.2) is 0 Å². The Morgan fingerprint density at radius 3 is 2.41 bits per heavy atom. The Morgan fingerprint density at radius 1 is 1.35 bits per heavy atom. The van der Waals surface area contributed by atoms with Crippen LogP contribution in [0.15, 0.2) is 16.8 Å². The molecule has 0 bridgehead atoms. The van der Waals surface area contributed by atoms with Crippen molar-refractivity contribution in [3.63, 3.8) is 0 Å². The van der Waals surface area contributed by atoms with E-state index < -0.39 is 5.41 Å². The predicted molar refractivity (Wildman–Crippen MR) is 68.7 cm³/mol. The number of ether oxygens (including phenoxy) is 1. The van der Waals surface area contributed by atoms with Crippen LogP contribution in [0.4, 0.5) is 0 Å². The summed E-state index contributed by atoms with van der Waals surface area (Å²) in [5.74, 6) is -0.330. The Labute approximate surface area is 103 Å².